The van der Waals surface area contributed by atoms with Crippen LogP contribution < -0.4 is 0 Å². The van der Waals surface area contributed by atoms with E-state index in [1.54, 1.807) is 0 Å². The standard InChI is InChI=1S/C12H18F7NO2/c1-20(2)9(21)22-8-6-4-3-5-7-10(13,11(14,15)16)12(17,18)19/h3-8H2,1-2H3. The van der Waals surface area contributed by atoms with Crippen molar-refractivity contribution in [2.45, 2.75) is 50.1 Å². The molecule has 3 nitrogen and oxygen atoms in total. The van der Waals surface area contributed by atoms with E-state index in [0.29, 0.717) is 0 Å². The summed E-state index contributed by atoms with van der Waals surface area (Å²) in [6, 6.07) is 0. The van der Waals surface area contributed by atoms with Crippen LogP contribution in [0.2, 0.25) is 0 Å². The maximum absolute atomic E-state index is 13.3. The second-order valence-corrected chi connectivity index (χ2v) is 4.97. The van der Waals surface area contributed by atoms with Crippen molar-refractivity contribution in [2.24, 2.45) is 0 Å². The number of halogens is 7. The molecule has 10 heteroatoms. The van der Waals surface area contributed by atoms with E-state index in [1.165, 1.54) is 19.0 Å². The van der Waals surface area contributed by atoms with Gasteiger partial charge in [-0.3, -0.25) is 0 Å². The minimum Gasteiger partial charge on any atom is -0.449 e. The maximum atomic E-state index is 13.3. The highest BCUT2D eigenvalue weighted by molar-refractivity contribution is 5.66. The van der Waals surface area contributed by atoms with Crippen LogP contribution in [0.25, 0.3) is 0 Å². The van der Waals surface area contributed by atoms with Crippen molar-refractivity contribution in [2.75, 3.05) is 20.7 Å². The van der Waals surface area contributed by atoms with Gasteiger partial charge in [0.05, 0.1) is 6.61 Å². The van der Waals surface area contributed by atoms with Gasteiger partial charge in [0.1, 0.15) is 0 Å². The third-order valence-electron chi connectivity index (χ3n) is 2.90. The van der Waals surface area contributed by atoms with Gasteiger partial charge in [0.25, 0.3) is 5.67 Å². The fourth-order valence-electron chi connectivity index (χ4n) is 1.56. The molecule has 0 radical (unpaired) electrons. The predicted octanol–water partition coefficient (Wildman–Crippen LogP) is 4.47. The SMILES string of the molecule is CN(C)C(=O)OCCCCCCC(F)(C(F)(F)F)C(F)(F)F. The number of alkyl halides is 7. The Morgan fingerprint density at radius 3 is 1.73 bits per heavy atom. The van der Waals surface area contributed by atoms with Crippen molar-refractivity contribution < 1.29 is 40.3 Å². The third kappa shape index (κ3) is 5.88. The molecule has 0 heterocycles. The second-order valence-electron chi connectivity index (χ2n) is 4.97. The zero-order valence-corrected chi connectivity index (χ0v) is 12.2. The van der Waals surface area contributed by atoms with Crippen molar-refractivity contribution in [3.05, 3.63) is 0 Å². The van der Waals surface area contributed by atoms with Gasteiger partial charge in [0, 0.05) is 14.1 Å². The van der Waals surface area contributed by atoms with Gasteiger partial charge in [0.15, 0.2) is 0 Å². The van der Waals surface area contributed by atoms with E-state index in [1.807, 2.05) is 0 Å². The van der Waals surface area contributed by atoms with Crippen LogP contribution in [0.15, 0.2) is 0 Å². The van der Waals surface area contributed by atoms with Crippen LogP contribution >= 0.6 is 0 Å². The monoisotopic (exact) mass is 341 g/mol. The quantitative estimate of drug-likeness (QED) is 0.505. The Morgan fingerprint density at radius 1 is 0.864 bits per heavy atom. The summed E-state index contributed by atoms with van der Waals surface area (Å²) in [5, 5.41) is 0. The Morgan fingerprint density at radius 2 is 1.32 bits per heavy atom. The van der Waals surface area contributed by atoms with Crippen LogP contribution in [-0.2, 0) is 4.74 Å². The van der Waals surface area contributed by atoms with Gasteiger partial charge in [0.2, 0.25) is 0 Å². The molecule has 0 bridgehead atoms. The highest BCUT2D eigenvalue weighted by atomic mass is 19.4. The van der Waals surface area contributed by atoms with E-state index >= 15 is 0 Å². The van der Waals surface area contributed by atoms with Gasteiger partial charge in [-0.05, 0) is 19.3 Å². The number of carbonyl (C=O) groups excluding carboxylic acids is 1. The van der Waals surface area contributed by atoms with Crippen LogP contribution in [0.5, 0.6) is 0 Å². The lowest BCUT2D eigenvalue weighted by molar-refractivity contribution is -0.343. The Kier molecular flexibility index (Phi) is 7.43. The third-order valence-corrected chi connectivity index (χ3v) is 2.90. The molecule has 0 saturated heterocycles. The van der Waals surface area contributed by atoms with Gasteiger partial charge in [-0.1, -0.05) is 12.8 Å². The number of ether oxygens (including phenoxy) is 1. The molecule has 0 aromatic carbocycles. The van der Waals surface area contributed by atoms with Gasteiger partial charge in [-0.25, -0.2) is 9.18 Å². The van der Waals surface area contributed by atoms with Gasteiger partial charge in [-0.2, -0.15) is 26.3 Å². The Labute approximate surface area is 123 Å². The molecule has 0 fully saturated rings. The minimum atomic E-state index is -5.99. The highest BCUT2D eigenvalue weighted by Gasteiger charge is 2.71. The molecule has 0 atom stereocenters. The number of hydrogen-bond donors (Lipinski definition) is 0. The lowest BCUT2D eigenvalue weighted by Crippen LogP contribution is -2.53. The maximum Gasteiger partial charge on any atom is 0.431 e. The average molecular weight is 341 g/mol. The first kappa shape index (κ1) is 20.8. The molecule has 22 heavy (non-hydrogen) atoms. The van der Waals surface area contributed by atoms with Crippen molar-refractivity contribution in [3.8, 4) is 0 Å². The predicted molar refractivity (Wildman–Crippen MR) is 64.1 cm³/mol. The lowest BCUT2D eigenvalue weighted by Gasteiger charge is -2.29. The van der Waals surface area contributed by atoms with E-state index in [9.17, 15) is 35.5 Å². The average Bonchev–Trinajstić information content (AvgIpc) is 2.34. The summed E-state index contributed by atoms with van der Waals surface area (Å²) in [4.78, 5) is 12.2. The molecule has 0 spiro atoms. The summed E-state index contributed by atoms with van der Waals surface area (Å²) in [5.41, 5.74) is -5.18. The van der Waals surface area contributed by atoms with Gasteiger partial charge < -0.3 is 9.64 Å². The molecule has 0 saturated carbocycles. The van der Waals surface area contributed by atoms with Crippen molar-refractivity contribution in [1.29, 1.82) is 0 Å². The van der Waals surface area contributed by atoms with Crippen molar-refractivity contribution in [1.82, 2.24) is 4.90 Å². The number of carbonyl (C=O) groups is 1. The van der Waals surface area contributed by atoms with Gasteiger partial charge in [-0.15, -0.1) is 0 Å². The molecule has 0 aliphatic carbocycles. The normalized spacial score (nSPS) is 13.1. The molecular formula is C12H18F7NO2. The van der Waals surface area contributed by atoms with Crippen LogP contribution in [0.3, 0.4) is 0 Å². The first-order chi connectivity index (χ1) is 9.83. The largest absolute Gasteiger partial charge is 0.449 e. The molecule has 0 aliphatic heterocycles. The molecule has 0 unspecified atom stereocenters. The summed E-state index contributed by atoms with van der Waals surface area (Å²) in [5.74, 6) is 0. The van der Waals surface area contributed by atoms with E-state index in [2.05, 4.69) is 0 Å². The van der Waals surface area contributed by atoms with Crippen LogP contribution in [-0.4, -0.2) is 49.7 Å². The first-order valence-corrected chi connectivity index (χ1v) is 6.49. The molecule has 0 rings (SSSR count). The summed E-state index contributed by atoms with van der Waals surface area (Å²) < 4.78 is 91.4. The molecule has 0 N–H and O–H groups in total. The summed E-state index contributed by atoms with van der Waals surface area (Å²) in [7, 11) is 2.91. The first-order valence-electron chi connectivity index (χ1n) is 6.49. The molecular weight excluding hydrogens is 323 g/mol. The molecule has 0 aliphatic rings. The van der Waals surface area contributed by atoms with Gasteiger partial charge >= 0.3 is 18.4 Å². The number of amides is 1. The summed E-state index contributed by atoms with van der Waals surface area (Å²) in [6.45, 7) is -0.00365. The fourth-order valence-corrected chi connectivity index (χ4v) is 1.56. The second kappa shape index (κ2) is 7.87. The van der Waals surface area contributed by atoms with Crippen LogP contribution in [0, 0.1) is 0 Å². The molecule has 0 aromatic heterocycles. The molecule has 0 aromatic rings. The zero-order valence-electron chi connectivity index (χ0n) is 12.2. The zero-order chi connectivity index (χ0) is 17.6. The Bertz CT molecular complexity index is 338. The highest BCUT2D eigenvalue weighted by Crippen LogP contribution is 2.49. The van der Waals surface area contributed by atoms with Crippen LogP contribution in [0.1, 0.15) is 32.1 Å². The smallest absolute Gasteiger partial charge is 0.431 e. The Hall–Kier alpha value is -1.22. The summed E-state index contributed by atoms with van der Waals surface area (Å²) >= 11 is 0. The van der Waals surface area contributed by atoms with Crippen LogP contribution in [0.4, 0.5) is 35.5 Å². The fraction of sp³-hybridized carbons (Fsp3) is 0.917. The number of nitrogens with zero attached hydrogens (tertiary/aromatic N) is 1. The van der Waals surface area contributed by atoms with E-state index in [-0.39, 0.29) is 25.9 Å². The lowest BCUT2D eigenvalue weighted by atomic mass is 9.96. The topological polar surface area (TPSA) is 29.5 Å². The Balaban J connectivity index is 4.10. The minimum absolute atomic E-state index is 0.00365. The number of hydrogen-bond acceptors (Lipinski definition) is 2. The van der Waals surface area contributed by atoms with E-state index in [4.69, 9.17) is 4.74 Å². The number of unbranched alkanes of at least 4 members (excludes halogenated alkanes) is 3. The van der Waals surface area contributed by atoms with E-state index in [0.717, 1.165) is 0 Å². The van der Waals surface area contributed by atoms with Crippen molar-refractivity contribution in [3.63, 3.8) is 0 Å². The van der Waals surface area contributed by atoms with E-state index < -0.39 is 37.0 Å². The van der Waals surface area contributed by atoms with Crippen molar-refractivity contribution >= 4 is 6.09 Å². The molecule has 132 valence electrons. The summed E-state index contributed by atoms with van der Waals surface area (Å²) in [6.07, 6.45) is -14.4. The number of rotatable bonds is 7. The molecule has 1 amide bonds.